The predicted octanol–water partition coefficient (Wildman–Crippen LogP) is 5.29. The van der Waals surface area contributed by atoms with Crippen molar-refractivity contribution in [3.8, 4) is 0 Å². The molecular formula is C18H33BCuF4N3O3. The maximum absolute atomic E-state index is 9.75. The molecule has 0 N–H and O–H groups in total. The van der Waals surface area contributed by atoms with E-state index < -0.39 is 7.25 Å². The molecule has 0 unspecified atom stereocenters. The van der Waals surface area contributed by atoms with Crippen LogP contribution in [0.3, 0.4) is 0 Å². The fourth-order valence-electron chi connectivity index (χ4n) is 0.765. The van der Waals surface area contributed by atoms with Gasteiger partial charge in [0.05, 0.1) is 0 Å². The number of hydrogen-bond acceptors (Lipinski definition) is 3. The molecule has 0 aromatic carbocycles. The summed E-state index contributed by atoms with van der Waals surface area (Å²) in [6.07, 6.45) is 0. The molecular weight excluding hydrogens is 457 g/mol. The van der Waals surface area contributed by atoms with Crippen molar-refractivity contribution < 1.29 is 48.5 Å². The molecule has 0 amide bonds. The van der Waals surface area contributed by atoms with Crippen LogP contribution in [-0.2, 0) is 31.3 Å². The number of nitrogens with zero attached hydrogens (tertiary/aromatic N) is 3. The van der Waals surface area contributed by atoms with Crippen LogP contribution in [0.2, 0.25) is 0 Å². The number of hydrogen-bond donors (Lipinski definition) is 0. The second-order valence-electron chi connectivity index (χ2n) is 7.34. The van der Waals surface area contributed by atoms with Gasteiger partial charge in [-0.15, -0.1) is 0 Å². The van der Waals surface area contributed by atoms with E-state index in [4.69, 9.17) is 33.9 Å². The van der Waals surface area contributed by atoms with Gasteiger partial charge in [0.1, 0.15) is 16.8 Å². The molecule has 12 heteroatoms. The van der Waals surface area contributed by atoms with Crippen molar-refractivity contribution in [2.45, 2.75) is 58.3 Å². The Balaban J connectivity index is -0.0000000929. The van der Waals surface area contributed by atoms with Crippen LogP contribution in [0.15, 0.2) is 0 Å². The molecule has 0 aliphatic carbocycles. The molecule has 0 aliphatic heterocycles. The third kappa shape index (κ3) is 45.4. The van der Waals surface area contributed by atoms with Gasteiger partial charge in [0.15, 0.2) is 0 Å². The van der Waals surface area contributed by atoms with Crippen LogP contribution in [-0.4, -0.2) is 65.0 Å². The maximum Gasteiger partial charge on any atom is 1.00 e. The molecule has 0 aromatic heterocycles. The zero-order valence-corrected chi connectivity index (χ0v) is 20.0. The molecule has 0 saturated carbocycles. The number of methoxy groups -OCH3 is 3. The van der Waals surface area contributed by atoms with Crippen molar-refractivity contribution in [1.29, 1.82) is 0 Å². The monoisotopic (exact) mass is 489 g/mol. The Kier molecular flexibility index (Phi) is 25.6. The largest absolute Gasteiger partial charge is 1.00 e. The molecule has 180 valence electrons. The molecule has 0 rings (SSSR count). The summed E-state index contributed by atoms with van der Waals surface area (Å²) in [6.45, 7) is 32.2. The molecule has 0 bridgehead atoms. The molecule has 0 spiro atoms. The van der Waals surface area contributed by atoms with E-state index in [0.29, 0.717) is 19.6 Å². The standard InChI is InChI=1S/3C6H11NO.BF4.Cu/c3*1-6(2,8-4)5-7-3;2-1(3,4)5;/h3*5H2,1-2,4H3;;/q;;;-1;+1. The van der Waals surface area contributed by atoms with Gasteiger partial charge in [-0.3, -0.25) is 0 Å². The fraction of sp³-hybridized carbons (Fsp3) is 0.833. The fourth-order valence-corrected chi connectivity index (χ4v) is 0.765. The van der Waals surface area contributed by atoms with Gasteiger partial charge in [-0.05, 0) is 41.5 Å². The van der Waals surface area contributed by atoms with Gasteiger partial charge in [0.25, 0.3) is 0 Å². The summed E-state index contributed by atoms with van der Waals surface area (Å²) in [6, 6.07) is 0. The predicted molar refractivity (Wildman–Crippen MR) is 108 cm³/mol. The Morgan fingerprint density at radius 3 is 0.767 bits per heavy atom. The molecule has 30 heavy (non-hydrogen) atoms. The van der Waals surface area contributed by atoms with Gasteiger partial charge in [0.2, 0.25) is 19.6 Å². The first-order valence-corrected chi connectivity index (χ1v) is 8.39. The zero-order chi connectivity index (χ0) is 24.4. The second-order valence-corrected chi connectivity index (χ2v) is 7.34. The normalized spacial score (nSPS) is 10.6. The first-order chi connectivity index (χ1) is 12.9. The molecule has 6 nitrogen and oxygen atoms in total. The first kappa shape index (κ1) is 39.2. The van der Waals surface area contributed by atoms with Gasteiger partial charge in [-0.25, -0.2) is 19.7 Å². The van der Waals surface area contributed by atoms with Crippen molar-refractivity contribution >= 4 is 7.25 Å². The third-order valence-corrected chi connectivity index (χ3v) is 3.04. The Hall–Kier alpha value is -1.35. The van der Waals surface area contributed by atoms with E-state index in [2.05, 4.69) is 14.5 Å². The smallest absolute Gasteiger partial charge is 0.418 e. The van der Waals surface area contributed by atoms with Crippen molar-refractivity contribution in [3.05, 3.63) is 34.3 Å². The van der Waals surface area contributed by atoms with Crippen LogP contribution in [0, 0.1) is 19.7 Å². The maximum atomic E-state index is 9.75. The minimum absolute atomic E-state index is 0. The van der Waals surface area contributed by atoms with E-state index in [1.807, 2.05) is 41.5 Å². The Bertz CT molecular complexity index is 468. The Morgan fingerprint density at radius 1 is 0.600 bits per heavy atom. The van der Waals surface area contributed by atoms with Gasteiger partial charge in [-0.2, -0.15) is 0 Å². The molecule has 0 radical (unpaired) electrons. The topological polar surface area (TPSA) is 40.8 Å². The van der Waals surface area contributed by atoms with Crippen LogP contribution in [0.4, 0.5) is 17.3 Å². The average Bonchev–Trinajstić information content (AvgIpc) is 2.54. The minimum atomic E-state index is -6.00. The summed E-state index contributed by atoms with van der Waals surface area (Å²) in [5, 5.41) is 0. The molecule has 0 fully saturated rings. The number of ether oxygens (including phenoxy) is 3. The summed E-state index contributed by atoms with van der Waals surface area (Å²) in [7, 11) is -1.15. The molecule has 0 saturated heterocycles. The molecule has 0 heterocycles. The quantitative estimate of drug-likeness (QED) is 0.289. The van der Waals surface area contributed by atoms with E-state index in [0.717, 1.165) is 0 Å². The van der Waals surface area contributed by atoms with Gasteiger partial charge in [0, 0.05) is 21.3 Å². The Labute approximate surface area is 189 Å². The summed E-state index contributed by atoms with van der Waals surface area (Å²) in [5.41, 5.74) is -0.786. The van der Waals surface area contributed by atoms with Gasteiger partial charge >= 0.3 is 24.3 Å². The minimum Gasteiger partial charge on any atom is -0.418 e. The van der Waals surface area contributed by atoms with Crippen molar-refractivity contribution in [2.24, 2.45) is 0 Å². The summed E-state index contributed by atoms with van der Waals surface area (Å²) >= 11 is 0. The van der Waals surface area contributed by atoms with Crippen molar-refractivity contribution in [1.82, 2.24) is 0 Å². The van der Waals surface area contributed by atoms with E-state index in [9.17, 15) is 17.3 Å². The van der Waals surface area contributed by atoms with Gasteiger partial charge < -0.3 is 46.0 Å². The van der Waals surface area contributed by atoms with Crippen LogP contribution in [0.25, 0.3) is 14.5 Å². The van der Waals surface area contributed by atoms with E-state index in [1.54, 1.807) is 21.3 Å². The van der Waals surface area contributed by atoms with Crippen molar-refractivity contribution in [2.75, 3.05) is 41.0 Å². The van der Waals surface area contributed by atoms with E-state index >= 15 is 0 Å². The summed E-state index contributed by atoms with van der Waals surface area (Å²) in [4.78, 5) is 9.61. The average molecular weight is 490 g/mol. The molecule has 0 aromatic rings. The van der Waals surface area contributed by atoms with Crippen LogP contribution >= 0.6 is 0 Å². The Morgan fingerprint density at radius 2 is 0.733 bits per heavy atom. The first-order valence-electron chi connectivity index (χ1n) is 8.39. The second kappa shape index (κ2) is 19.6. The summed E-state index contributed by atoms with van der Waals surface area (Å²) < 4.78 is 53.9. The molecule has 0 atom stereocenters. The molecule has 0 aliphatic rings. The zero-order valence-electron chi connectivity index (χ0n) is 19.1. The summed E-state index contributed by atoms with van der Waals surface area (Å²) in [5.74, 6) is 0. The van der Waals surface area contributed by atoms with E-state index in [-0.39, 0.29) is 33.9 Å². The van der Waals surface area contributed by atoms with Crippen LogP contribution in [0.5, 0.6) is 0 Å². The van der Waals surface area contributed by atoms with Crippen molar-refractivity contribution in [3.63, 3.8) is 0 Å². The SMILES string of the molecule is F[B-](F)(F)F.[C-]#[N+]CC(C)(C)OC.[C-]#[N+]CC(C)(C)OC.[C-]#[N+]CC(C)(C)OC.[Cu+]. The number of rotatable bonds is 6. The van der Waals surface area contributed by atoms with Crippen LogP contribution < -0.4 is 0 Å². The third-order valence-electron chi connectivity index (χ3n) is 3.04. The van der Waals surface area contributed by atoms with Gasteiger partial charge in [-0.1, -0.05) is 0 Å². The van der Waals surface area contributed by atoms with E-state index in [1.165, 1.54) is 0 Å². The number of halogens is 4. The van der Waals surface area contributed by atoms with Crippen LogP contribution in [0.1, 0.15) is 41.5 Å².